The van der Waals surface area contributed by atoms with Crippen molar-refractivity contribution in [2.45, 2.75) is 18.9 Å². The third-order valence-electron chi connectivity index (χ3n) is 2.50. The first-order valence-corrected chi connectivity index (χ1v) is 5.30. The van der Waals surface area contributed by atoms with Crippen molar-refractivity contribution in [1.29, 1.82) is 5.41 Å². The molecule has 1 saturated heterocycles. The molecule has 0 bridgehead atoms. The molecule has 0 aliphatic carbocycles. The number of nitrogens with one attached hydrogen (secondary N) is 1. The first kappa shape index (κ1) is 10.9. The van der Waals surface area contributed by atoms with E-state index >= 15 is 0 Å². The molecule has 3 N–H and O–H groups in total. The molecule has 0 radical (unpaired) electrons. The Morgan fingerprint density at radius 3 is 2.94 bits per heavy atom. The number of amidine groups is 1. The normalized spacial score (nSPS) is 17.0. The quantitative estimate of drug-likeness (QED) is 0.587. The summed E-state index contributed by atoms with van der Waals surface area (Å²) in [6, 6.07) is 3.39. The molecule has 2 rings (SSSR count). The van der Waals surface area contributed by atoms with Crippen LogP contribution in [0.2, 0.25) is 0 Å². The van der Waals surface area contributed by atoms with Gasteiger partial charge in [-0.15, -0.1) is 0 Å². The van der Waals surface area contributed by atoms with Crippen LogP contribution in [-0.2, 0) is 4.74 Å². The van der Waals surface area contributed by atoms with Gasteiger partial charge in [0.1, 0.15) is 11.9 Å². The average molecular weight is 221 g/mol. The molecule has 1 aliphatic heterocycles. The largest absolute Gasteiger partial charge is 0.474 e. The summed E-state index contributed by atoms with van der Waals surface area (Å²) in [5.41, 5.74) is 6.03. The summed E-state index contributed by atoms with van der Waals surface area (Å²) in [4.78, 5) is 4.10. The lowest BCUT2D eigenvalue weighted by atomic mass is 10.1. The van der Waals surface area contributed by atoms with E-state index in [2.05, 4.69) is 4.98 Å². The van der Waals surface area contributed by atoms with Crippen molar-refractivity contribution in [3.05, 3.63) is 23.9 Å². The first-order chi connectivity index (χ1) is 7.75. The molecular weight excluding hydrogens is 206 g/mol. The van der Waals surface area contributed by atoms with Crippen molar-refractivity contribution in [3.8, 4) is 5.88 Å². The summed E-state index contributed by atoms with van der Waals surface area (Å²) < 4.78 is 10.9. The second-order valence-electron chi connectivity index (χ2n) is 3.73. The summed E-state index contributed by atoms with van der Waals surface area (Å²) in [7, 11) is 0. The number of hydrogen-bond acceptors (Lipinski definition) is 4. The van der Waals surface area contributed by atoms with E-state index in [1.54, 1.807) is 18.3 Å². The number of pyridine rings is 1. The number of nitrogens with two attached hydrogens (primary N) is 1. The lowest BCUT2D eigenvalue weighted by Gasteiger charge is -2.22. The van der Waals surface area contributed by atoms with Crippen molar-refractivity contribution in [2.75, 3.05) is 13.2 Å². The van der Waals surface area contributed by atoms with E-state index in [0.717, 1.165) is 26.1 Å². The predicted molar refractivity (Wildman–Crippen MR) is 59.7 cm³/mol. The third-order valence-corrected chi connectivity index (χ3v) is 2.50. The summed E-state index contributed by atoms with van der Waals surface area (Å²) in [5.74, 6) is 0.554. The molecule has 5 heteroatoms. The maximum absolute atomic E-state index is 7.33. The summed E-state index contributed by atoms with van der Waals surface area (Å²) in [6.45, 7) is 1.47. The SMILES string of the molecule is N=C(N)c1ccnc(OC2CCOCC2)c1. The van der Waals surface area contributed by atoms with Crippen molar-refractivity contribution < 1.29 is 9.47 Å². The Morgan fingerprint density at radius 2 is 2.25 bits per heavy atom. The highest BCUT2D eigenvalue weighted by Gasteiger charge is 2.15. The van der Waals surface area contributed by atoms with Gasteiger partial charge in [-0.3, -0.25) is 5.41 Å². The van der Waals surface area contributed by atoms with Gasteiger partial charge in [-0.2, -0.15) is 0 Å². The first-order valence-electron chi connectivity index (χ1n) is 5.30. The van der Waals surface area contributed by atoms with E-state index in [1.165, 1.54) is 0 Å². The van der Waals surface area contributed by atoms with Crippen LogP contribution in [0.4, 0.5) is 0 Å². The average Bonchev–Trinajstić information content (AvgIpc) is 2.30. The Hall–Kier alpha value is -1.62. The third kappa shape index (κ3) is 2.70. The Morgan fingerprint density at radius 1 is 1.50 bits per heavy atom. The minimum absolute atomic E-state index is 0.0271. The smallest absolute Gasteiger partial charge is 0.214 e. The zero-order valence-electron chi connectivity index (χ0n) is 8.98. The van der Waals surface area contributed by atoms with Crippen LogP contribution in [0.3, 0.4) is 0 Å². The number of rotatable bonds is 3. The molecule has 0 aromatic carbocycles. The fourth-order valence-corrected chi connectivity index (χ4v) is 1.61. The van der Waals surface area contributed by atoms with Gasteiger partial charge < -0.3 is 15.2 Å². The molecule has 0 unspecified atom stereocenters. The maximum Gasteiger partial charge on any atom is 0.214 e. The molecular formula is C11H15N3O2. The number of hydrogen-bond donors (Lipinski definition) is 2. The maximum atomic E-state index is 7.33. The van der Waals surface area contributed by atoms with Gasteiger partial charge in [-0.1, -0.05) is 0 Å². The van der Waals surface area contributed by atoms with E-state index < -0.39 is 0 Å². The van der Waals surface area contributed by atoms with Gasteiger partial charge in [0, 0.05) is 30.7 Å². The van der Waals surface area contributed by atoms with Crippen molar-refractivity contribution in [3.63, 3.8) is 0 Å². The van der Waals surface area contributed by atoms with Gasteiger partial charge in [-0.25, -0.2) is 4.98 Å². The molecule has 86 valence electrons. The Balaban J connectivity index is 2.02. The fraction of sp³-hybridized carbons (Fsp3) is 0.455. The molecule has 16 heavy (non-hydrogen) atoms. The lowest BCUT2D eigenvalue weighted by Crippen LogP contribution is -2.26. The zero-order chi connectivity index (χ0) is 11.4. The molecule has 5 nitrogen and oxygen atoms in total. The Labute approximate surface area is 94.1 Å². The minimum atomic E-state index is 0.0271. The van der Waals surface area contributed by atoms with E-state index in [0.29, 0.717) is 11.4 Å². The second-order valence-corrected chi connectivity index (χ2v) is 3.73. The monoisotopic (exact) mass is 221 g/mol. The Bertz CT molecular complexity index is 375. The van der Waals surface area contributed by atoms with E-state index in [1.807, 2.05) is 0 Å². The van der Waals surface area contributed by atoms with Crippen molar-refractivity contribution >= 4 is 5.84 Å². The summed E-state index contributed by atoms with van der Waals surface area (Å²) in [6.07, 6.45) is 3.52. The van der Waals surface area contributed by atoms with Crippen LogP contribution in [0.15, 0.2) is 18.3 Å². The van der Waals surface area contributed by atoms with Crippen LogP contribution in [0.1, 0.15) is 18.4 Å². The van der Waals surface area contributed by atoms with E-state index in [9.17, 15) is 0 Å². The zero-order valence-corrected chi connectivity index (χ0v) is 8.98. The van der Waals surface area contributed by atoms with Crippen LogP contribution < -0.4 is 10.5 Å². The van der Waals surface area contributed by atoms with Crippen LogP contribution in [0.5, 0.6) is 5.88 Å². The number of ether oxygens (including phenoxy) is 2. The van der Waals surface area contributed by atoms with Gasteiger partial charge in [-0.05, 0) is 6.07 Å². The number of nitrogen functional groups attached to an aromatic ring is 1. The standard InChI is InChI=1S/C11H15N3O2/c12-11(13)8-1-4-14-10(7-8)16-9-2-5-15-6-3-9/h1,4,7,9H,2-3,5-6H2,(H3,12,13). The summed E-state index contributed by atoms with van der Waals surface area (Å²) >= 11 is 0. The summed E-state index contributed by atoms with van der Waals surface area (Å²) in [5, 5.41) is 7.33. The van der Waals surface area contributed by atoms with Gasteiger partial charge >= 0.3 is 0 Å². The highest BCUT2D eigenvalue weighted by molar-refractivity contribution is 5.95. The molecule has 1 fully saturated rings. The lowest BCUT2D eigenvalue weighted by molar-refractivity contribution is 0.0237. The van der Waals surface area contributed by atoms with Gasteiger partial charge in [0.2, 0.25) is 5.88 Å². The van der Waals surface area contributed by atoms with E-state index in [-0.39, 0.29) is 11.9 Å². The molecule has 0 spiro atoms. The molecule has 2 heterocycles. The number of aromatic nitrogens is 1. The van der Waals surface area contributed by atoms with Crippen molar-refractivity contribution in [1.82, 2.24) is 4.98 Å². The highest BCUT2D eigenvalue weighted by atomic mass is 16.5. The van der Waals surface area contributed by atoms with Crippen LogP contribution in [-0.4, -0.2) is 30.1 Å². The molecule has 0 atom stereocenters. The second kappa shape index (κ2) is 4.94. The van der Waals surface area contributed by atoms with Gasteiger partial charge in [0.05, 0.1) is 13.2 Å². The van der Waals surface area contributed by atoms with Crippen molar-refractivity contribution in [2.24, 2.45) is 5.73 Å². The molecule has 0 amide bonds. The fourth-order valence-electron chi connectivity index (χ4n) is 1.61. The van der Waals surface area contributed by atoms with Crippen LogP contribution in [0, 0.1) is 5.41 Å². The van der Waals surface area contributed by atoms with Crippen LogP contribution in [0.25, 0.3) is 0 Å². The van der Waals surface area contributed by atoms with E-state index in [4.69, 9.17) is 20.6 Å². The number of nitrogens with zero attached hydrogens (tertiary/aromatic N) is 1. The molecule has 0 saturated carbocycles. The Kier molecular flexibility index (Phi) is 3.36. The minimum Gasteiger partial charge on any atom is -0.474 e. The predicted octanol–water partition coefficient (Wildman–Crippen LogP) is 0.923. The highest BCUT2D eigenvalue weighted by Crippen LogP contribution is 2.16. The van der Waals surface area contributed by atoms with Gasteiger partial charge in [0.15, 0.2) is 0 Å². The topological polar surface area (TPSA) is 81.2 Å². The molecule has 1 aromatic rings. The van der Waals surface area contributed by atoms with Crippen LogP contribution >= 0.6 is 0 Å². The molecule has 1 aliphatic rings. The van der Waals surface area contributed by atoms with Gasteiger partial charge in [0.25, 0.3) is 0 Å². The molecule has 1 aromatic heterocycles.